The molecule has 19 heavy (non-hydrogen) atoms. The van der Waals surface area contributed by atoms with Crippen LogP contribution < -0.4 is 5.73 Å². The average Bonchev–Trinajstić information content (AvgIpc) is 2.66. The number of carbonyl (C=O) groups is 4. The fourth-order valence-electron chi connectivity index (χ4n) is 2.08. The number of nitrogens with two attached hydrogens (primary N) is 1. The lowest BCUT2D eigenvalue weighted by Crippen LogP contribution is -2.42. The molecule has 0 saturated carbocycles. The first-order valence-electron chi connectivity index (χ1n) is 5.86. The van der Waals surface area contributed by atoms with Crippen LogP contribution in [0.2, 0.25) is 0 Å². The normalized spacial score (nSPS) is 20.3. The largest absolute Gasteiger partial charge is 0.481 e. The Morgan fingerprint density at radius 2 is 2.00 bits per heavy atom. The number of hydrogen-bond donors (Lipinski definition) is 3. The minimum absolute atomic E-state index is 0.0157. The van der Waals surface area contributed by atoms with E-state index in [2.05, 4.69) is 0 Å². The number of amides is 2. The summed E-state index contributed by atoms with van der Waals surface area (Å²) < 4.78 is 0. The fraction of sp³-hybridized carbons (Fsp3) is 0.636. The van der Waals surface area contributed by atoms with Crippen LogP contribution >= 0.6 is 0 Å². The first kappa shape index (κ1) is 14.9. The van der Waals surface area contributed by atoms with E-state index in [9.17, 15) is 19.2 Å². The van der Waals surface area contributed by atoms with Crippen LogP contribution in [0.3, 0.4) is 0 Å². The van der Waals surface area contributed by atoms with E-state index < -0.39 is 35.7 Å². The van der Waals surface area contributed by atoms with Crippen molar-refractivity contribution in [1.82, 2.24) is 4.90 Å². The molecule has 2 amide bonds. The monoisotopic (exact) mass is 272 g/mol. The number of aliphatic carboxylic acids is 2. The van der Waals surface area contributed by atoms with Gasteiger partial charge < -0.3 is 20.8 Å². The molecule has 1 aliphatic heterocycles. The van der Waals surface area contributed by atoms with Gasteiger partial charge in [-0.15, -0.1) is 0 Å². The zero-order valence-corrected chi connectivity index (χ0v) is 10.2. The molecule has 106 valence electrons. The van der Waals surface area contributed by atoms with E-state index >= 15 is 0 Å². The van der Waals surface area contributed by atoms with Crippen molar-refractivity contribution >= 4 is 23.8 Å². The number of rotatable bonds is 7. The van der Waals surface area contributed by atoms with Crippen LogP contribution in [0.4, 0.5) is 0 Å². The molecule has 0 aromatic heterocycles. The van der Waals surface area contributed by atoms with Crippen molar-refractivity contribution in [2.75, 3.05) is 6.54 Å². The molecule has 0 aromatic carbocycles. The maximum atomic E-state index is 11.7. The van der Waals surface area contributed by atoms with Crippen LogP contribution in [0.1, 0.15) is 25.7 Å². The Kier molecular flexibility index (Phi) is 4.85. The van der Waals surface area contributed by atoms with Crippen molar-refractivity contribution in [2.24, 2.45) is 11.7 Å². The van der Waals surface area contributed by atoms with Crippen molar-refractivity contribution in [3.8, 4) is 0 Å². The number of primary amides is 1. The number of nitrogens with zero attached hydrogens (tertiary/aromatic N) is 1. The number of carboxylic acids is 2. The minimum atomic E-state index is -1.20. The van der Waals surface area contributed by atoms with Gasteiger partial charge in [0.25, 0.3) is 0 Å². The molecular formula is C11H16N2O6. The number of likely N-dealkylation sites (tertiary alicyclic amines) is 1. The van der Waals surface area contributed by atoms with Gasteiger partial charge >= 0.3 is 11.9 Å². The first-order valence-corrected chi connectivity index (χ1v) is 5.86. The Morgan fingerprint density at radius 1 is 1.37 bits per heavy atom. The molecular weight excluding hydrogens is 256 g/mol. The van der Waals surface area contributed by atoms with Gasteiger partial charge in [0, 0.05) is 19.4 Å². The molecule has 0 aromatic rings. The molecule has 0 radical (unpaired) electrons. The average molecular weight is 272 g/mol. The van der Waals surface area contributed by atoms with Crippen LogP contribution in [0.5, 0.6) is 0 Å². The maximum Gasteiger partial charge on any atom is 0.326 e. The number of carboxylic acid groups (broad SMARTS) is 2. The third-order valence-electron chi connectivity index (χ3n) is 3.09. The number of carbonyl (C=O) groups excluding carboxylic acids is 2. The Labute approximate surface area is 109 Å². The summed E-state index contributed by atoms with van der Waals surface area (Å²) in [7, 11) is 0. The van der Waals surface area contributed by atoms with E-state index in [0.29, 0.717) is 0 Å². The molecule has 8 heteroatoms. The van der Waals surface area contributed by atoms with Crippen molar-refractivity contribution < 1.29 is 29.4 Å². The Bertz CT molecular complexity index is 408. The molecule has 4 N–H and O–H groups in total. The van der Waals surface area contributed by atoms with E-state index in [0.717, 1.165) is 4.90 Å². The second kappa shape index (κ2) is 6.17. The van der Waals surface area contributed by atoms with Gasteiger partial charge in [-0.25, -0.2) is 4.79 Å². The molecule has 1 aliphatic rings. The summed E-state index contributed by atoms with van der Waals surface area (Å²) >= 11 is 0. The molecule has 8 nitrogen and oxygen atoms in total. The topological polar surface area (TPSA) is 138 Å². The first-order chi connectivity index (χ1) is 8.82. The lowest BCUT2D eigenvalue weighted by Gasteiger charge is -2.24. The molecule has 0 bridgehead atoms. The molecule has 1 saturated heterocycles. The van der Waals surface area contributed by atoms with Gasteiger partial charge in [-0.2, -0.15) is 0 Å². The van der Waals surface area contributed by atoms with Gasteiger partial charge in [-0.3, -0.25) is 14.4 Å². The summed E-state index contributed by atoms with van der Waals surface area (Å²) in [5, 5.41) is 17.6. The fourth-order valence-corrected chi connectivity index (χ4v) is 2.08. The molecule has 0 spiro atoms. The van der Waals surface area contributed by atoms with Crippen molar-refractivity contribution in [3.05, 3.63) is 0 Å². The van der Waals surface area contributed by atoms with E-state index in [-0.39, 0.29) is 32.2 Å². The van der Waals surface area contributed by atoms with Gasteiger partial charge in [-0.1, -0.05) is 0 Å². The van der Waals surface area contributed by atoms with Crippen LogP contribution in [-0.2, 0) is 19.2 Å². The lowest BCUT2D eigenvalue weighted by atomic mass is 10.1. The molecule has 2 atom stereocenters. The van der Waals surface area contributed by atoms with Gasteiger partial charge in [0.05, 0.1) is 5.92 Å². The highest BCUT2D eigenvalue weighted by atomic mass is 16.4. The second-order valence-corrected chi connectivity index (χ2v) is 4.49. The van der Waals surface area contributed by atoms with Crippen molar-refractivity contribution in [3.63, 3.8) is 0 Å². The third-order valence-corrected chi connectivity index (χ3v) is 3.09. The Morgan fingerprint density at radius 3 is 2.42 bits per heavy atom. The van der Waals surface area contributed by atoms with Crippen LogP contribution in [0, 0.1) is 5.92 Å². The molecule has 1 fully saturated rings. The quantitative estimate of drug-likeness (QED) is 0.545. The zero-order chi connectivity index (χ0) is 14.6. The highest BCUT2D eigenvalue weighted by molar-refractivity contribution is 5.91. The predicted molar refractivity (Wildman–Crippen MR) is 61.9 cm³/mol. The van der Waals surface area contributed by atoms with Gasteiger partial charge in [0.2, 0.25) is 11.8 Å². The molecule has 0 aliphatic carbocycles. The van der Waals surface area contributed by atoms with E-state index in [1.807, 2.05) is 0 Å². The second-order valence-electron chi connectivity index (χ2n) is 4.49. The van der Waals surface area contributed by atoms with E-state index in [1.54, 1.807) is 0 Å². The maximum absolute atomic E-state index is 11.7. The van der Waals surface area contributed by atoms with Gasteiger partial charge in [0.15, 0.2) is 0 Å². The predicted octanol–water partition coefficient (Wildman–Crippen LogP) is -0.972. The van der Waals surface area contributed by atoms with Crippen molar-refractivity contribution in [2.45, 2.75) is 31.7 Å². The SMILES string of the molecule is NC(=O)C1CC(=O)N([C@H](CCCC(=O)O)C(=O)O)C1. The highest BCUT2D eigenvalue weighted by Gasteiger charge is 2.39. The van der Waals surface area contributed by atoms with Gasteiger partial charge in [-0.05, 0) is 12.8 Å². The standard InChI is InChI=1S/C11H16N2O6/c12-10(17)6-4-8(14)13(5-6)7(11(18)19)2-1-3-9(15)16/h6-7H,1-5H2,(H2,12,17)(H,15,16)(H,18,19)/t6?,7-/m1/s1. The highest BCUT2D eigenvalue weighted by Crippen LogP contribution is 2.22. The Balaban J connectivity index is 2.66. The number of hydrogen-bond acceptors (Lipinski definition) is 4. The van der Waals surface area contributed by atoms with Crippen LogP contribution in [0.25, 0.3) is 0 Å². The Hall–Kier alpha value is -2.12. The smallest absolute Gasteiger partial charge is 0.326 e. The summed E-state index contributed by atoms with van der Waals surface area (Å²) in [6, 6.07) is -1.10. The lowest BCUT2D eigenvalue weighted by molar-refractivity contribution is -0.149. The van der Waals surface area contributed by atoms with Crippen LogP contribution in [-0.4, -0.2) is 51.5 Å². The van der Waals surface area contributed by atoms with E-state index in [1.165, 1.54) is 0 Å². The molecule has 1 rings (SSSR count). The van der Waals surface area contributed by atoms with Crippen LogP contribution in [0.15, 0.2) is 0 Å². The summed E-state index contributed by atoms with van der Waals surface area (Å²) in [5.74, 6) is -3.97. The molecule has 1 unspecified atom stereocenters. The van der Waals surface area contributed by atoms with E-state index in [4.69, 9.17) is 15.9 Å². The third kappa shape index (κ3) is 3.94. The summed E-state index contributed by atoms with van der Waals surface area (Å²) in [5.41, 5.74) is 5.10. The van der Waals surface area contributed by atoms with Gasteiger partial charge in [0.1, 0.15) is 6.04 Å². The molecule has 1 heterocycles. The zero-order valence-electron chi connectivity index (χ0n) is 10.2. The summed E-state index contributed by atoms with van der Waals surface area (Å²) in [4.78, 5) is 45.3. The van der Waals surface area contributed by atoms with Crippen molar-refractivity contribution in [1.29, 1.82) is 0 Å². The summed E-state index contributed by atoms with van der Waals surface area (Å²) in [6.45, 7) is -0.0157. The summed E-state index contributed by atoms with van der Waals surface area (Å²) in [6.07, 6.45) is -0.0563. The minimum Gasteiger partial charge on any atom is -0.481 e.